The molecule has 4 aromatic rings. The topological polar surface area (TPSA) is 93.0 Å². The third kappa shape index (κ3) is 6.85. The fourth-order valence-corrected chi connectivity index (χ4v) is 3.32. The van der Waals surface area contributed by atoms with Gasteiger partial charge < -0.3 is 15.4 Å². The van der Waals surface area contributed by atoms with Crippen molar-refractivity contribution in [1.82, 2.24) is 15.0 Å². The fourth-order valence-electron chi connectivity index (χ4n) is 3.32. The van der Waals surface area contributed by atoms with Gasteiger partial charge >= 0.3 is 12.1 Å². The number of para-hydroxylation sites is 1. The number of hydrogen-bond donors (Lipinski definition) is 2. The lowest BCUT2D eigenvalue weighted by molar-refractivity contribution is -0.113. The molecule has 0 saturated carbocycles. The van der Waals surface area contributed by atoms with Gasteiger partial charge in [-0.1, -0.05) is 24.7 Å². The Morgan fingerprint density at radius 2 is 1.85 bits per heavy atom. The first kappa shape index (κ1) is 24.8. The second-order valence-corrected chi connectivity index (χ2v) is 7.41. The number of carboxylic acid groups (broad SMARTS) is 1. The lowest BCUT2D eigenvalue weighted by Gasteiger charge is -2.20. The molecule has 0 bridgehead atoms. The molecule has 0 fully saturated rings. The number of alkyl halides is 3. The van der Waals surface area contributed by atoms with Gasteiger partial charge in [-0.25, -0.2) is 14.2 Å². The molecule has 2 N–H and O–H groups in total. The maximum Gasteiger partial charge on any atom is 0.371 e. The second kappa shape index (κ2) is 10.9. The third-order valence-corrected chi connectivity index (χ3v) is 4.72. The zero-order valence-electron chi connectivity index (χ0n) is 18.1. The van der Waals surface area contributed by atoms with Crippen LogP contribution in [0.3, 0.4) is 0 Å². The first-order valence-corrected chi connectivity index (χ1v) is 10.2. The van der Waals surface area contributed by atoms with Crippen LogP contribution >= 0.6 is 0 Å². The quantitative estimate of drug-likeness (QED) is 0.268. The van der Waals surface area contributed by atoms with Crippen molar-refractivity contribution in [1.29, 1.82) is 0 Å². The third-order valence-electron chi connectivity index (χ3n) is 4.72. The van der Waals surface area contributed by atoms with Gasteiger partial charge in [0.25, 0.3) is 0 Å². The van der Waals surface area contributed by atoms with Crippen LogP contribution in [0.15, 0.2) is 61.1 Å². The number of hydrogen-bond acceptors (Lipinski definition) is 3. The normalized spacial score (nSPS) is 11.2. The van der Waals surface area contributed by atoms with Crippen molar-refractivity contribution in [2.24, 2.45) is 0 Å². The molecule has 2 aromatic heterocycles. The van der Waals surface area contributed by atoms with Crippen LogP contribution < -0.4 is 0 Å². The first-order chi connectivity index (χ1) is 16.1. The lowest BCUT2D eigenvalue weighted by atomic mass is 10.1. The highest BCUT2D eigenvalue weighted by molar-refractivity contribution is 5.92. The number of aryl methyl sites for hydroxylation is 1. The van der Waals surface area contributed by atoms with Crippen molar-refractivity contribution in [2.45, 2.75) is 19.5 Å². The maximum atomic E-state index is 13.3. The van der Waals surface area contributed by atoms with E-state index in [1.807, 2.05) is 30.5 Å². The van der Waals surface area contributed by atoms with E-state index in [2.05, 4.69) is 20.3 Å². The zero-order valence-corrected chi connectivity index (χ0v) is 18.1. The molecule has 0 spiro atoms. The number of fused-ring (bicyclic) bond motifs is 1. The highest BCUT2D eigenvalue weighted by Gasteiger charge is 2.20. The summed E-state index contributed by atoms with van der Waals surface area (Å²) in [6.45, 7) is 0.861. The van der Waals surface area contributed by atoms with Crippen molar-refractivity contribution in [3.63, 3.8) is 0 Å². The van der Waals surface area contributed by atoms with Gasteiger partial charge in [-0.15, -0.1) is 6.54 Å². The monoisotopic (exact) mass is 473 g/mol. The first-order valence-electron chi connectivity index (χ1n) is 10.2. The Morgan fingerprint density at radius 1 is 1.12 bits per heavy atom. The van der Waals surface area contributed by atoms with Crippen LogP contribution in [0.1, 0.15) is 21.6 Å². The molecule has 34 heavy (non-hydrogen) atoms. The van der Waals surface area contributed by atoms with Crippen LogP contribution in [-0.2, 0) is 6.42 Å². The number of benzene rings is 2. The Kier molecular flexibility index (Phi) is 7.95. The molecule has 0 amide bonds. The van der Waals surface area contributed by atoms with Crippen LogP contribution in [0.2, 0.25) is 0 Å². The molecule has 10 heteroatoms. The number of H-pyrrole nitrogens is 1. The average molecular weight is 473 g/mol. The van der Waals surface area contributed by atoms with Crippen LogP contribution in [0.25, 0.3) is 27.5 Å². The summed E-state index contributed by atoms with van der Waals surface area (Å²) in [6, 6.07) is 12.0. The van der Waals surface area contributed by atoms with Gasteiger partial charge in [0.15, 0.2) is 5.69 Å². The van der Waals surface area contributed by atoms with E-state index in [-0.39, 0.29) is 17.9 Å². The lowest BCUT2D eigenvalue weighted by Crippen LogP contribution is -2.14. The van der Waals surface area contributed by atoms with E-state index in [0.717, 1.165) is 16.5 Å². The fraction of sp³-hybridized carbons (Fsp3) is 0.208. The van der Waals surface area contributed by atoms with Gasteiger partial charge in [0.1, 0.15) is 11.5 Å². The Bertz CT molecular complexity index is 1250. The number of nitrogens with one attached hydrogen (secondary N) is 1. The van der Waals surface area contributed by atoms with Crippen LogP contribution in [0.5, 0.6) is 0 Å². The standard InChI is InChI=1S/C12H12F3N2.C12H9FN2O2/c13-12(14,15)8-16-6-5-9-7-17-11-4-2-1-3-10(9)11;1-7-4-8(6-9(13)5-7)10-11(12(16)17)15-3-2-14-10/h1-4,7,17H,5-6,8H2;2-6H,1H3,(H,16,17)/q-1;. The summed E-state index contributed by atoms with van der Waals surface area (Å²) in [5, 5.41) is 13.5. The van der Waals surface area contributed by atoms with Gasteiger partial charge in [0.2, 0.25) is 0 Å². The predicted molar refractivity (Wildman–Crippen MR) is 120 cm³/mol. The predicted octanol–water partition coefficient (Wildman–Crippen LogP) is 5.94. The number of nitrogens with zero attached hydrogens (tertiary/aromatic N) is 3. The van der Waals surface area contributed by atoms with E-state index in [1.54, 1.807) is 13.0 Å². The van der Waals surface area contributed by atoms with Crippen LogP contribution in [0.4, 0.5) is 17.6 Å². The highest BCUT2D eigenvalue weighted by atomic mass is 19.4. The summed E-state index contributed by atoms with van der Waals surface area (Å²) in [6.07, 6.45) is 0.829. The summed E-state index contributed by atoms with van der Waals surface area (Å²) in [7, 11) is 0. The average Bonchev–Trinajstić information content (AvgIpc) is 3.19. The Morgan fingerprint density at radius 3 is 2.56 bits per heavy atom. The molecule has 0 aliphatic heterocycles. The van der Waals surface area contributed by atoms with E-state index in [9.17, 15) is 22.4 Å². The minimum Gasteiger partial charge on any atom is -0.655 e. The molecule has 0 unspecified atom stereocenters. The number of aromatic amines is 1. The second-order valence-electron chi connectivity index (χ2n) is 7.41. The van der Waals surface area contributed by atoms with Gasteiger partial charge in [-0.3, -0.25) is 4.98 Å². The van der Waals surface area contributed by atoms with E-state index in [1.165, 1.54) is 24.5 Å². The number of carbonyl (C=O) groups is 1. The molecule has 0 atom stereocenters. The molecule has 0 saturated heterocycles. The zero-order chi connectivity index (χ0) is 24.7. The van der Waals surface area contributed by atoms with E-state index >= 15 is 0 Å². The molecule has 0 aliphatic rings. The largest absolute Gasteiger partial charge is 0.655 e. The highest BCUT2D eigenvalue weighted by Crippen LogP contribution is 2.22. The van der Waals surface area contributed by atoms with Crippen molar-refractivity contribution in [3.8, 4) is 11.3 Å². The molecule has 0 radical (unpaired) electrons. The molecule has 2 heterocycles. The van der Waals surface area contributed by atoms with Gasteiger partial charge in [0.05, 0.1) is 0 Å². The SMILES string of the molecule is Cc1cc(F)cc(-c2nccnc2C(=O)O)c1.FC(F)(F)C[N-]CCc1c[nH]c2ccccc12. The molecular weight excluding hydrogens is 452 g/mol. The van der Waals surface area contributed by atoms with Gasteiger partial charge in [-0.05, 0) is 48.7 Å². The Hall–Kier alpha value is -3.79. The maximum absolute atomic E-state index is 13.3. The van der Waals surface area contributed by atoms with Gasteiger partial charge in [-0.2, -0.15) is 13.2 Å². The van der Waals surface area contributed by atoms with Crippen molar-refractivity contribution in [3.05, 3.63) is 89.0 Å². The number of carboxylic acids is 1. The molecular formula is C24H21F4N4O2-. The van der Waals surface area contributed by atoms with E-state index in [0.29, 0.717) is 17.5 Å². The summed E-state index contributed by atoms with van der Waals surface area (Å²) in [5.74, 6) is -1.61. The summed E-state index contributed by atoms with van der Waals surface area (Å²) < 4.78 is 48.9. The Labute approximate surface area is 192 Å². The van der Waals surface area contributed by atoms with Crippen molar-refractivity contribution < 1.29 is 27.5 Å². The summed E-state index contributed by atoms with van der Waals surface area (Å²) in [5.41, 5.74) is 3.10. The number of halogens is 4. The summed E-state index contributed by atoms with van der Waals surface area (Å²) in [4.78, 5) is 21.7. The number of rotatable bonds is 6. The molecule has 0 aliphatic carbocycles. The molecule has 4 rings (SSSR count). The number of aromatic nitrogens is 3. The van der Waals surface area contributed by atoms with E-state index < -0.39 is 24.5 Å². The summed E-state index contributed by atoms with van der Waals surface area (Å²) >= 11 is 0. The van der Waals surface area contributed by atoms with E-state index in [4.69, 9.17) is 5.11 Å². The Balaban J connectivity index is 0.000000191. The molecule has 2 aromatic carbocycles. The minimum absolute atomic E-state index is 0.169. The molecule has 6 nitrogen and oxygen atoms in total. The minimum atomic E-state index is -4.19. The molecule has 178 valence electrons. The van der Waals surface area contributed by atoms with Gasteiger partial charge in [0, 0.05) is 35.1 Å². The smallest absolute Gasteiger partial charge is 0.371 e. The van der Waals surface area contributed by atoms with Crippen molar-refractivity contribution in [2.75, 3.05) is 13.1 Å². The number of aromatic carboxylic acids is 1. The van der Waals surface area contributed by atoms with Crippen molar-refractivity contribution >= 4 is 16.9 Å². The van der Waals surface area contributed by atoms with Crippen LogP contribution in [-0.4, -0.2) is 45.3 Å². The van der Waals surface area contributed by atoms with Crippen LogP contribution in [0, 0.1) is 12.7 Å².